The topological polar surface area (TPSA) is 77.0 Å². The average molecular weight is 430 g/mol. The summed E-state index contributed by atoms with van der Waals surface area (Å²) in [5.74, 6) is 0.673. The Morgan fingerprint density at radius 1 is 1.32 bits per heavy atom. The van der Waals surface area contributed by atoms with E-state index in [1.54, 1.807) is 7.05 Å². The number of anilines is 1. The Kier molecular flexibility index (Phi) is 8.85. The number of aliphatic imine (C=N–C) groups is 1. The SMILES string of the molecule is CCN(CC)S(=O)(=O)CCNC(=NC)NC1CCCN(c2ccccc2Cl)C1. The van der Waals surface area contributed by atoms with E-state index in [2.05, 4.69) is 20.5 Å². The van der Waals surface area contributed by atoms with Gasteiger partial charge in [-0.15, -0.1) is 0 Å². The molecule has 0 saturated carbocycles. The molecule has 2 N–H and O–H groups in total. The molecule has 1 atom stereocenters. The molecule has 0 spiro atoms. The van der Waals surface area contributed by atoms with Crippen LogP contribution in [0.3, 0.4) is 0 Å². The van der Waals surface area contributed by atoms with E-state index in [0.29, 0.717) is 25.6 Å². The van der Waals surface area contributed by atoms with Crippen molar-refractivity contribution >= 4 is 33.3 Å². The summed E-state index contributed by atoms with van der Waals surface area (Å²) in [5.41, 5.74) is 1.05. The lowest BCUT2D eigenvalue weighted by Gasteiger charge is -2.35. The largest absolute Gasteiger partial charge is 0.368 e. The molecule has 28 heavy (non-hydrogen) atoms. The maximum absolute atomic E-state index is 12.3. The Bertz CT molecular complexity index is 752. The van der Waals surface area contributed by atoms with E-state index in [0.717, 1.165) is 36.6 Å². The van der Waals surface area contributed by atoms with Crippen molar-refractivity contribution in [2.45, 2.75) is 32.7 Å². The standard InChI is InChI=1S/C19H32ClN5O2S/c1-4-25(5-2)28(26,27)14-12-22-19(21-3)23-16-9-8-13-24(15-16)18-11-7-6-10-17(18)20/h6-7,10-11,16H,4-5,8-9,12-15H2,1-3H3,(H2,21,22,23). The summed E-state index contributed by atoms with van der Waals surface area (Å²) in [4.78, 5) is 6.52. The molecule has 2 rings (SSSR count). The Morgan fingerprint density at radius 3 is 2.68 bits per heavy atom. The fourth-order valence-corrected chi connectivity index (χ4v) is 5.11. The number of para-hydroxylation sites is 1. The first-order chi connectivity index (χ1) is 13.4. The van der Waals surface area contributed by atoms with Gasteiger partial charge in [0.2, 0.25) is 10.0 Å². The monoisotopic (exact) mass is 429 g/mol. The number of rotatable bonds is 8. The van der Waals surface area contributed by atoms with Gasteiger partial charge in [0.1, 0.15) is 0 Å². The lowest BCUT2D eigenvalue weighted by atomic mass is 10.0. The Labute approximate surface area is 174 Å². The number of halogens is 1. The van der Waals surface area contributed by atoms with Crippen molar-refractivity contribution in [3.63, 3.8) is 0 Å². The number of hydrogen-bond donors (Lipinski definition) is 2. The lowest BCUT2D eigenvalue weighted by molar-refractivity contribution is 0.444. The molecular formula is C19H32ClN5O2S. The number of nitrogens with one attached hydrogen (secondary N) is 2. The zero-order valence-corrected chi connectivity index (χ0v) is 18.6. The van der Waals surface area contributed by atoms with Gasteiger partial charge in [-0.2, -0.15) is 0 Å². The summed E-state index contributed by atoms with van der Waals surface area (Å²) in [6.07, 6.45) is 2.08. The van der Waals surface area contributed by atoms with Gasteiger partial charge in [-0.1, -0.05) is 37.6 Å². The van der Waals surface area contributed by atoms with Gasteiger partial charge < -0.3 is 15.5 Å². The van der Waals surface area contributed by atoms with Crippen molar-refractivity contribution in [2.75, 3.05) is 50.4 Å². The van der Waals surface area contributed by atoms with Crippen LogP contribution in [0.4, 0.5) is 5.69 Å². The summed E-state index contributed by atoms with van der Waals surface area (Å²) in [6.45, 7) is 6.79. The van der Waals surface area contributed by atoms with Crippen molar-refractivity contribution in [1.82, 2.24) is 14.9 Å². The van der Waals surface area contributed by atoms with Crippen LogP contribution >= 0.6 is 11.6 Å². The smallest absolute Gasteiger partial charge is 0.215 e. The first-order valence-corrected chi connectivity index (χ1v) is 11.8. The Morgan fingerprint density at radius 2 is 2.04 bits per heavy atom. The van der Waals surface area contributed by atoms with Crippen LogP contribution in [-0.4, -0.2) is 70.2 Å². The average Bonchev–Trinajstić information content (AvgIpc) is 2.68. The van der Waals surface area contributed by atoms with Crippen molar-refractivity contribution in [3.8, 4) is 0 Å². The van der Waals surface area contributed by atoms with Crippen molar-refractivity contribution in [3.05, 3.63) is 29.3 Å². The minimum absolute atomic E-state index is 0.0474. The van der Waals surface area contributed by atoms with Gasteiger partial charge in [-0.05, 0) is 25.0 Å². The zero-order valence-electron chi connectivity index (χ0n) is 17.0. The minimum atomic E-state index is -3.24. The summed E-state index contributed by atoms with van der Waals surface area (Å²) >= 11 is 6.34. The molecule has 0 amide bonds. The molecule has 0 aliphatic carbocycles. The maximum atomic E-state index is 12.3. The van der Waals surface area contributed by atoms with Gasteiger partial charge in [-0.25, -0.2) is 12.7 Å². The van der Waals surface area contributed by atoms with Gasteiger partial charge in [0.05, 0.1) is 16.5 Å². The summed E-state index contributed by atoms with van der Waals surface area (Å²) < 4.78 is 26.1. The number of benzene rings is 1. The second-order valence-electron chi connectivity index (χ2n) is 6.78. The minimum Gasteiger partial charge on any atom is -0.368 e. The predicted molar refractivity (Wildman–Crippen MR) is 118 cm³/mol. The molecular weight excluding hydrogens is 398 g/mol. The molecule has 1 fully saturated rings. The molecule has 1 saturated heterocycles. The molecule has 1 aliphatic rings. The molecule has 1 heterocycles. The third-order valence-corrected chi connectivity index (χ3v) is 7.27. The van der Waals surface area contributed by atoms with E-state index in [-0.39, 0.29) is 11.8 Å². The number of hydrogen-bond acceptors (Lipinski definition) is 4. The first kappa shape index (κ1) is 22.8. The van der Waals surface area contributed by atoms with Crippen LogP contribution in [0.1, 0.15) is 26.7 Å². The summed E-state index contributed by atoms with van der Waals surface area (Å²) in [5, 5.41) is 7.30. The molecule has 7 nitrogen and oxygen atoms in total. The molecule has 1 aromatic carbocycles. The molecule has 0 aromatic heterocycles. The molecule has 1 aliphatic heterocycles. The molecule has 1 aromatic rings. The fourth-order valence-electron chi connectivity index (χ4n) is 3.45. The number of piperidine rings is 1. The first-order valence-electron chi connectivity index (χ1n) is 9.85. The molecule has 1 unspecified atom stereocenters. The van der Waals surface area contributed by atoms with Crippen LogP contribution in [0.25, 0.3) is 0 Å². The van der Waals surface area contributed by atoms with E-state index < -0.39 is 10.0 Å². The summed E-state index contributed by atoms with van der Waals surface area (Å²) in [6, 6.07) is 8.09. The van der Waals surface area contributed by atoms with Gasteiger partial charge >= 0.3 is 0 Å². The van der Waals surface area contributed by atoms with Crippen LogP contribution in [0.15, 0.2) is 29.3 Å². The van der Waals surface area contributed by atoms with Crippen LogP contribution in [0.2, 0.25) is 5.02 Å². The van der Waals surface area contributed by atoms with E-state index in [9.17, 15) is 8.42 Å². The molecule has 158 valence electrons. The van der Waals surface area contributed by atoms with E-state index in [1.165, 1.54) is 4.31 Å². The van der Waals surface area contributed by atoms with E-state index in [4.69, 9.17) is 11.6 Å². The Balaban J connectivity index is 1.88. The van der Waals surface area contributed by atoms with Gasteiger partial charge in [0.25, 0.3) is 0 Å². The van der Waals surface area contributed by atoms with Crippen LogP contribution < -0.4 is 15.5 Å². The van der Waals surface area contributed by atoms with Crippen molar-refractivity contribution in [1.29, 1.82) is 0 Å². The number of nitrogens with zero attached hydrogens (tertiary/aromatic N) is 3. The number of sulfonamides is 1. The van der Waals surface area contributed by atoms with Gasteiger partial charge in [0, 0.05) is 45.8 Å². The normalized spacial score (nSPS) is 18.4. The lowest BCUT2D eigenvalue weighted by Crippen LogP contribution is -2.52. The third kappa shape index (κ3) is 6.25. The third-order valence-electron chi connectivity index (χ3n) is 4.93. The zero-order chi connectivity index (χ0) is 20.6. The maximum Gasteiger partial charge on any atom is 0.215 e. The van der Waals surface area contributed by atoms with Crippen molar-refractivity contribution < 1.29 is 8.42 Å². The highest BCUT2D eigenvalue weighted by atomic mass is 35.5. The van der Waals surface area contributed by atoms with Crippen LogP contribution in [-0.2, 0) is 10.0 Å². The van der Waals surface area contributed by atoms with Crippen LogP contribution in [0.5, 0.6) is 0 Å². The molecule has 0 radical (unpaired) electrons. The second-order valence-corrected chi connectivity index (χ2v) is 9.28. The number of guanidine groups is 1. The summed E-state index contributed by atoms with van der Waals surface area (Å²) in [7, 11) is -1.55. The van der Waals surface area contributed by atoms with Gasteiger partial charge in [0.15, 0.2) is 5.96 Å². The highest BCUT2D eigenvalue weighted by Crippen LogP contribution is 2.27. The van der Waals surface area contributed by atoms with E-state index in [1.807, 2.05) is 38.1 Å². The van der Waals surface area contributed by atoms with E-state index >= 15 is 0 Å². The quantitative estimate of drug-likeness (QED) is 0.489. The second kappa shape index (κ2) is 10.9. The van der Waals surface area contributed by atoms with Crippen molar-refractivity contribution in [2.24, 2.45) is 4.99 Å². The highest BCUT2D eigenvalue weighted by molar-refractivity contribution is 7.89. The Hall–Kier alpha value is -1.51. The molecule has 0 bridgehead atoms. The predicted octanol–water partition coefficient (Wildman–Crippen LogP) is 2.15. The highest BCUT2D eigenvalue weighted by Gasteiger charge is 2.23. The fraction of sp³-hybridized carbons (Fsp3) is 0.632. The van der Waals surface area contributed by atoms with Crippen LogP contribution in [0, 0.1) is 0 Å². The van der Waals surface area contributed by atoms with Gasteiger partial charge in [-0.3, -0.25) is 4.99 Å². The molecule has 9 heteroatoms.